The van der Waals surface area contributed by atoms with Gasteiger partial charge in [0.25, 0.3) is 0 Å². The van der Waals surface area contributed by atoms with Crippen LogP contribution in [-0.2, 0) is 0 Å². The number of nitrogens with zero attached hydrogens (tertiary/aromatic N) is 3. The van der Waals surface area contributed by atoms with Crippen LogP contribution in [0.5, 0.6) is 0 Å². The van der Waals surface area contributed by atoms with Crippen molar-refractivity contribution in [3.8, 4) is 0 Å². The van der Waals surface area contributed by atoms with Crippen molar-refractivity contribution in [2.24, 2.45) is 5.92 Å². The summed E-state index contributed by atoms with van der Waals surface area (Å²) in [5.74, 6) is 1.78. The predicted molar refractivity (Wildman–Crippen MR) is 60.9 cm³/mol. The highest BCUT2D eigenvalue weighted by Gasteiger charge is 2.22. The third-order valence-electron chi connectivity index (χ3n) is 2.61. The number of aromatic nitrogens is 2. The number of hydrogen-bond donors (Lipinski definition) is 0. The van der Waals surface area contributed by atoms with E-state index in [0.717, 1.165) is 30.2 Å². The normalized spacial score (nSPS) is 21.6. The molecule has 3 nitrogen and oxygen atoms in total. The Labute approximate surface area is 92.7 Å². The summed E-state index contributed by atoms with van der Waals surface area (Å²) in [6.45, 7) is 4.26. The van der Waals surface area contributed by atoms with E-state index in [1.54, 1.807) is 6.20 Å². The Balaban J connectivity index is 2.09. The van der Waals surface area contributed by atoms with Crippen LogP contribution < -0.4 is 4.90 Å². The smallest absolute Gasteiger partial charge is 0.151 e. The quantitative estimate of drug-likeness (QED) is 0.758. The molecule has 2 heterocycles. The molecule has 0 saturated carbocycles. The monoisotopic (exact) mass is 255 g/mol. The molecule has 0 spiro atoms. The van der Waals surface area contributed by atoms with Crippen LogP contribution in [-0.4, -0.2) is 28.6 Å². The molecule has 1 fully saturated rings. The van der Waals surface area contributed by atoms with Crippen LogP contribution in [0.1, 0.15) is 12.0 Å². The highest BCUT2D eigenvalue weighted by atomic mass is 79.9. The highest BCUT2D eigenvalue weighted by Crippen LogP contribution is 2.22. The van der Waals surface area contributed by atoms with Crippen LogP contribution in [0.2, 0.25) is 0 Å². The van der Waals surface area contributed by atoms with Gasteiger partial charge in [-0.1, -0.05) is 15.9 Å². The molecule has 1 atom stereocenters. The second kappa shape index (κ2) is 4.26. The largest absolute Gasteiger partial charge is 0.355 e. The highest BCUT2D eigenvalue weighted by molar-refractivity contribution is 9.09. The fourth-order valence-electron chi connectivity index (χ4n) is 1.77. The van der Waals surface area contributed by atoms with Crippen molar-refractivity contribution in [1.82, 2.24) is 10.2 Å². The lowest BCUT2D eigenvalue weighted by Gasteiger charge is -2.16. The lowest BCUT2D eigenvalue weighted by Crippen LogP contribution is -2.21. The molecule has 0 aromatic carbocycles. The average Bonchev–Trinajstić information content (AvgIpc) is 2.66. The van der Waals surface area contributed by atoms with E-state index >= 15 is 0 Å². The summed E-state index contributed by atoms with van der Waals surface area (Å²) in [6.07, 6.45) is 3.04. The van der Waals surface area contributed by atoms with Gasteiger partial charge >= 0.3 is 0 Å². The van der Waals surface area contributed by atoms with E-state index in [1.165, 1.54) is 12.0 Å². The number of halogens is 1. The van der Waals surface area contributed by atoms with Gasteiger partial charge in [-0.3, -0.25) is 0 Å². The number of aryl methyl sites for hydroxylation is 1. The van der Waals surface area contributed by atoms with Crippen molar-refractivity contribution in [2.45, 2.75) is 13.3 Å². The van der Waals surface area contributed by atoms with Gasteiger partial charge in [0.05, 0.1) is 6.20 Å². The SMILES string of the molecule is Cc1cnnc(N2CCC(CBr)C2)c1. The molecule has 0 radical (unpaired) electrons. The van der Waals surface area contributed by atoms with Crippen LogP contribution in [0.25, 0.3) is 0 Å². The van der Waals surface area contributed by atoms with Gasteiger partial charge in [0.2, 0.25) is 0 Å². The van der Waals surface area contributed by atoms with Gasteiger partial charge in [-0.2, -0.15) is 5.10 Å². The molecular weight excluding hydrogens is 242 g/mol. The Hall–Kier alpha value is -0.640. The van der Waals surface area contributed by atoms with Crippen molar-refractivity contribution < 1.29 is 0 Å². The maximum absolute atomic E-state index is 4.15. The first-order chi connectivity index (χ1) is 6.79. The molecule has 0 amide bonds. The summed E-state index contributed by atoms with van der Waals surface area (Å²) in [6, 6.07) is 2.10. The van der Waals surface area contributed by atoms with Crippen molar-refractivity contribution in [3.05, 3.63) is 17.8 Å². The predicted octanol–water partition coefficient (Wildman–Crippen LogP) is 2.01. The minimum Gasteiger partial charge on any atom is -0.355 e. The molecule has 1 aliphatic rings. The van der Waals surface area contributed by atoms with E-state index in [9.17, 15) is 0 Å². The Bertz CT molecular complexity index is 316. The van der Waals surface area contributed by atoms with Gasteiger partial charge in [-0.05, 0) is 30.9 Å². The first kappa shape index (κ1) is 9.90. The number of rotatable bonds is 2. The fraction of sp³-hybridized carbons (Fsp3) is 0.600. The van der Waals surface area contributed by atoms with Crippen molar-refractivity contribution >= 4 is 21.7 Å². The Morgan fingerprint density at radius 3 is 3.14 bits per heavy atom. The second-order valence-corrected chi connectivity index (χ2v) is 4.49. The number of anilines is 1. The van der Waals surface area contributed by atoms with Gasteiger partial charge in [0, 0.05) is 18.4 Å². The minimum atomic E-state index is 0.761. The lowest BCUT2D eigenvalue weighted by molar-refractivity contribution is 0.675. The van der Waals surface area contributed by atoms with Crippen molar-refractivity contribution in [2.75, 3.05) is 23.3 Å². The zero-order valence-corrected chi connectivity index (χ0v) is 9.87. The zero-order valence-electron chi connectivity index (χ0n) is 8.28. The first-order valence-electron chi connectivity index (χ1n) is 4.90. The summed E-state index contributed by atoms with van der Waals surface area (Å²) in [5.41, 5.74) is 1.18. The van der Waals surface area contributed by atoms with Crippen LogP contribution in [0.15, 0.2) is 12.3 Å². The molecule has 0 aliphatic carbocycles. The Morgan fingerprint density at radius 2 is 2.50 bits per heavy atom. The van der Waals surface area contributed by atoms with Gasteiger partial charge in [0.1, 0.15) is 0 Å². The molecule has 76 valence electrons. The summed E-state index contributed by atoms with van der Waals surface area (Å²) < 4.78 is 0. The van der Waals surface area contributed by atoms with E-state index in [1.807, 2.05) is 0 Å². The molecule has 0 N–H and O–H groups in total. The van der Waals surface area contributed by atoms with Crippen molar-refractivity contribution in [1.29, 1.82) is 0 Å². The van der Waals surface area contributed by atoms with Gasteiger partial charge in [-0.25, -0.2) is 0 Å². The Morgan fingerprint density at radius 1 is 1.64 bits per heavy atom. The van der Waals surface area contributed by atoms with Crippen molar-refractivity contribution in [3.63, 3.8) is 0 Å². The van der Waals surface area contributed by atoms with E-state index in [0.29, 0.717) is 0 Å². The minimum absolute atomic E-state index is 0.761. The van der Waals surface area contributed by atoms with Gasteiger partial charge in [-0.15, -0.1) is 5.10 Å². The summed E-state index contributed by atoms with van der Waals surface area (Å²) >= 11 is 3.53. The molecule has 2 rings (SSSR count). The molecule has 1 aromatic heterocycles. The topological polar surface area (TPSA) is 29.0 Å². The molecule has 1 saturated heterocycles. The third-order valence-corrected chi connectivity index (χ3v) is 3.52. The zero-order chi connectivity index (χ0) is 9.97. The van der Waals surface area contributed by atoms with E-state index in [-0.39, 0.29) is 0 Å². The maximum Gasteiger partial charge on any atom is 0.151 e. The number of hydrogen-bond acceptors (Lipinski definition) is 3. The van der Waals surface area contributed by atoms with E-state index in [2.05, 4.69) is 44.0 Å². The molecule has 14 heavy (non-hydrogen) atoms. The summed E-state index contributed by atoms with van der Waals surface area (Å²) in [7, 11) is 0. The lowest BCUT2D eigenvalue weighted by atomic mass is 10.2. The first-order valence-corrected chi connectivity index (χ1v) is 6.02. The molecule has 1 aromatic rings. The van der Waals surface area contributed by atoms with E-state index in [4.69, 9.17) is 0 Å². The van der Waals surface area contributed by atoms with Gasteiger partial charge < -0.3 is 4.90 Å². The molecule has 1 aliphatic heterocycles. The van der Waals surface area contributed by atoms with E-state index < -0.39 is 0 Å². The van der Waals surface area contributed by atoms with Crippen LogP contribution in [0, 0.1) is 12.8 Å². The molecule has 4 heteroatoms. The average molecular weight is 256 g/mol. The Kier molecular flexibility index (Phi) is 3.01. The van der Waals surface area contributed by atoms with Crippen LogP contribution in [0.4, 0.5) is 5.82 Å². The fourth-order valence-corrected chi connectivity index (χ4v) is 2.30. The summed E-state index contributed by atoms with van der Waals surface area (Å²) in [5, 5.41) is 9.21. The van der Waals surface area contributed by atoms with Gasteiger partial charge in [0.15, 0.2) is 5.82 Å². The standard InChI is InChI=1S/C10H14BrN3/c1-8-4-10(13-12-6-8)14-3-2-9(5-11)7-14/h4,6,9H,2-3,5,7H2,1H3. The number of alkyl halides is 1. The third kappa shape index (κ3) is 2.05. The second-order valence-electron chi connectivity index (χ2n) is 3.85. The molecule has 1 unspecified atom stereocenters. The summed E-state index contributed by atoms with van der Waals surface area (Å²) in [4.78, 5) is 2.31. The van der Waals surface area contributed by atoms with Crippen LogP contribution >= 0.6 is 15.9 Å². The molecular formula is C10H14BrN3. The van der Waals surface area contributed by atoms with Crippen LogP contribution in [0.3, 0.4) is 0 Å². The molecule has 0 bridgehead atoms. The maximum atomic E-state index is 4.15.